The first-order valence-electron chi connectivity index (χ1n) is 8.39. The number of hydrogen-bond donors (Lipinski definition) is 3. The maximum atomic E-state index is 11.9. The second kappa shape index (κ2) is 13.7. The summed E-state index contributed by atoms with van der Waals surface area (Å²) < 4.78 is 5.11. The van der Waals surface area contributed by atoms with Crippen molar-refractivity contribution in [2.24, 2.45) is 10.9 Å². The van der Waals surface area contributed by atoms with E-state index in [1.165, 1.54) is 6.42 Å². The molecule has 142 valence electrons. The topological polar surface area (TPSA) is 74.8 Å². The Morgan fingerprint density at radius 1 is 1.16 bits per heavy atom. The van der Waals surface area contributed by atoms with Crippen molar-refractivity contribution >= 4 is 35.8 Å². The molecule has 0 aliphatic carbocycles. The van der Waals surface area contributed by atoms with Crippen LogP contribution in [0.2, 0.25) is 0 Å². The second-order valence-electron chi connectivity index (χ2n) is 6.01. The van der Waals surface area contributed by atoms with Crippen molar-refractivity contribution in [1.82, 2.24) is 16.0 Å². The highest BCUT2D eigenvalue weighted by Gasteiger charge is 2.04. The van der Waals surface area contributed by atoms with Crippen LogP contribution in [-0.4, -0.2) is 39.1 Å². The number of amides is 1. The van der Waals surface area contributed by atoms with Crippen LogP contribution in [-0.2, 0) is 11.3 Å². The zero-order chi connectivity index (χ0) is 17.8. The summed E-state index contributed by atoms with van der Waals surface area (Å²) in [6, 6.07) is 7.62. The minimum atomic E-state index is -0.0732. The van der Waals surface area contributed by atoms with Crippen molar-refractivity contribution in [2.45, 2.75) is 33.2 Å². The van der Waals surface area contributed by atoms with E-state index in [0.717, 1.165) is 24.3 Å². The van der Waals surface area contributed by atoms with Crippen molar-refractivity contribution in [3.63, 3.8) is 0 Å². The summed E-state index contributed by atoms with van der Waals surface area (Å²) in [5.41, 5.74) is 1.03. The van der Waals surface area contributed by atoms with Crippen molar-refractivity contribution in [3.8, 4) is 5.75 Å². The number of carbonyl (C=O) groups is 1. The van der Waals surface area contributed by atoms with Gasteiger partial charge in [0, 0.05) is 20.1 Å². The van der Waals surface area contributed by atoms with Crippen molar-refractivity contribution in [1.29, 1.82) is 0 Å². The van der Waals surface area contributed by atoms with Gasteiger partial charge in [0.2, 0.25) is 5.91 Å². The predicted molar refractivity (Wildman–Crippen MR) is 114 cm³/mol. The molecule has 0 heterocycles. The first kappa shape index (κ1) is 23.5. The SMILES string of the molecule is CN=C(NCCCC(C)C)NCC(=O)NCc1ccc(OC)cc1.I. The molecule has 0 fully saturated rings. The minimum Gasteiger partial charge on any atom is -0.497 e. The maximum absolute atomic E-state index is 11.9. The molecule has 1 aromatic carbocycles. The van der Waals surface area contributed by atoms with Gasteiger partial charge in [-0.25, -0.2) is 0 Å². The number of nitrogens with one attached hydrogen (secondary N) is 3. The highest BCUT2D eigenvalue weighted by atomic mass is 127. The molecule has 0 spiro atoms. The normalized spacial score (nSPS) is 10.8. The standard InChI is InChI=1S/C18H30N4O2.HI/c1-14(2)6-5-11-20-18(19-3)22-13-17(23)21-12-15-7-9-16(24-4)10-8-15;/h7-10,14H,5-6,11-13H2,1-4H3,(H,21,23)(H2,19,20,22);1H. The molecule has 3 N–H and O–H groups in total. The molecule has 6 nitrogen and oxygen atoms in total. The molecule has 0 saturated heterocycles. The van der Waals surface area contributed by atoms with Gasteiger partial charge in [-0.05, 0) is 36.5 Å². The zero-order valence-electron chi connectivity index (χ0n) is 15.6. The third-order valence-electron chi connectivity index (χ3n) is 3.54. The molecule has 1 aromatic rings. The van der Waals surface area contributed by atoms with Crippen LogP contribution in [0.5, 0.6) is 5.75 Å². The first-order valence-corrected chi connectivity index (χ1v) is 8.39. The lowest BCUT2D eigenvalue weighted by molar-refractivity contribution is -0.120. The van der Waals surface area contributed by atoms with E-state index in [1.54, 1.807) is 14.2 Å². The fourth-order valence-corrected chi connectivity index (χ4v) is 2.11. The first-order chi connectivity index (χ1) is 11.5. The molecule has 1 rings (SSSR count). The van der Waals surface area contributed by atoms with Crippen molar-refractivity contribution in [2.75, 3.05) is 27.2 Å². The van der Waals surface area contributed by atoms with Gasteiger partial charge in [0.25, 0.3) is 0 Å². The average molecular weight is 462 g/mol. The number of hydrogen-bond acceptors (Lipinski definition) is 3. The lowest BCUT2D eigenvalue weighted by atomic mass is 10.1. The molecular weight excluding hydrogens is 431 g/mol. The van der Waals surface area contributed by atoms with Gasteiger partial charge in [0.1, 0.15) is 5.75 Å². The molecular formula is C18H31IN4O2. The van der Waals surface area contributed by atoms with E-state index in [0.29, 0.717) is 18.4 Å². The highest BCUT2D eigenvalue weighted by molar-refractivity contribution is 14.0. The minimum absolute atomic E-state index is 0. The van der Waals surface area contributed by atoms with Gasteiger partial charge in [0.05, 0.1) is 13.7 Å². The third-order valence-corrected chi connectivity index (χ3v) is 3.54. The number of methoxy groups -OCH3 is 1. The Morgan fingerprint density at radius 3 is 2.40 bits per heavy atom. The number of carbonyl (C=O) groups excluding carboxylic acids is 1. The summed E-state index contributed by atoms with van der Waals surface area (Å²) in [6.45, 7) is 5.96. The van der Waals surface area contributed by atoms with Gasteiger partial charge in [-0.3, -0.25) is 9.79 Å². The Balaban J connectivity index is 0.00000576. The summed E-state index contributed by atoms with van der Waals surface area (Å²) in [5, 5.41) is 9.10. The lowest BCUT2D eigenvalue weighted by Gasteiger charge is -2.12. The van der Waals surface area contributed by atoms with Gasteiger partial charge in [-0.15, -0.1) is 24.0 Å². The average Bonchev–Trinajstić information content (AvgIpc) is 2.59. The van der Waals surface area contributed by atoms with Crippen LogP contribution in [0.1, 0.15) is 32.3 Å². The van der Waals surface area contributed by atoms with Gasteiger partial charge in [-0.1, -0.05) is 26.0 Å². The number of rotatable bonds is 9. The summed E-state index contributed by atoms with van der Waals surface area (Å²) in [5.74, 6) is 2.08. The highest BCUT2D eigenvalue weighted by Crippen LogP contribution is 2.10. The van der Waals surface area contributed by atoms with Gasteiger partial charge < -0.3 is 20.7 Å². The summed E-state index contributed by atoms with van der Waals surface area (Å²) in [7, 11) is 3.33. The van der Waals surface area contributed by atoms with Crippen LogP contribution < -0.4 is 20.7 Å². The van der Waals surface area contributed by atoms with E-state index < -0.39 is 0 Å². The fraction of sp³-hybridized carbons (Fsp3) is 0.556. The molecule has 7 heteroatoms. The molecule has 0 aliphatic heterocycles. The molecule has 1 amide bonds. The van der Waals surface area contributed by atoms with Crippen LogP contribution in [0, 0.1) is 5.92 Å². The molecule has 0 unspecified atom stereocenters. The van der Waals surface area contributed by atoms with Crippen LogP contribution in [0.4, 0.5) is 0 Å². The summed E-state index contributed by atoms with van der Waals surface area (Å²) in [4.78, 5) is 16.0. The van der Waals surface area contributed by atoms with Gasteiger partial charge in [-0.2, -0.15) is 0 Å². The molecule has 0 radical (unpaired) electrons. The summed E-state index contributed by atoms with van der Waals surface area (Å²) in [6.07, 6.45) is 2.26. The van der Waals surface area contributed by atoms with Gasteiger partial charge in [0.15, 0.2) is 5.96 Å². The number of halogens is 1. The number of benzene rings is 1. The quantitative estimate of drug-likeness (QED) is 0.228. The van der Waals surface area contributed by atoms with E-state index in [1.807, 2.05) is 24.3 Å². The van der Waals surface area contributed by atoms with Crippen molar-refractivity contribution in [3.05, 3.63) is 29.8 Å². The molecule has 0 bridgehead atoms. The van der Waals surface area contributed by atoms with Crippen LogP contribution >= 0.6 is 24.0 Å². The Labute approximate surface area is 168 Å². The van der Waals surface area contributed by atoms with Crippen molar-refractivity contribution < 1.29 is 9.53 Å². The van der Waals surface area contributed by atoms with E-state index in [4.69, 9.17) is 4.74 Å². The Hall–Kier alpha value is -1.51. The Kier molecular flexibility index (Phi) is 12.9. The van der Waals surface area contributed by atoms with E-state index in [9.17, 15) is 4.79 Å². The Bertz CT molecular complexity index is 518. The maximum Gasteiger partial charge on any atom is 0.239 e. The smallest absolute Gasteiger partial charge is 0.239 e. The van der Waals surface area contributed by atoms with E-state index >= 15 is 0 Å². The Morgan fingerprint density at radius 2 is 1.84 bits per heavy atom. The number of aliphatic imine (C=N–C) groups is 1. The number of nitrogens with zero attached hydrogens (tertiary/aromatic N) is 1. The number of guanidine groups is 1. The monoisotopic (exact) mass is 462 g/mol. The molecule has 25 heavy (non-hydrogen) atoms. The lowest BCUT2D eigenvalue weighted by Crippen LogP contribution is -2.43. The number of ether oxygens (including phenoxy) is 1. The molecule has 0 atom stereocenters. The van der Waals surface area contributed by atoms with Crippen LogP contribution in [0.25, 0.3) is 0 Å². The van der Waals surface area contributed by atoms with Gasteiger partial charge >= 0.3 is 0 Å². The van der Waals surface area contributed by atoms with E-state index in [-0.39, 0.29) is 36.4 Å². The molecule has 0 aliphatic rings. The predicted octanol–water partition coefficient (Wildman–Crippen LogP) is 2.53. The molecule has 0 aromatic heterocycles. The third kappa shape index (κ3) is 10.9. The fourth-order valence-electron chi connectivity index (χ4n) is 2.11. The van der Waals surface area contributed by atoms with Crippen LogP contribution in [0.15, 0.2) is 29.3 Å². The second-order valence-corrected chi connectivity index (χ2v) is 6.01. The van der Waals surface area contributed by atoms with Crippen LogP contribution in [0.3, 0.4) is 0 Å². The largest absolute Gasteiger partial charge is 0.497 e. The summed E-state index contributed by atoms with van der Waals surface area (Å²) >= 11 is 0. The molecule has 0 saturated carbocycles. The zero-order valence-corrected chi connectivity index (χ0v) is 17.9. The van der Waals surface area contributed by atoms with E-state index in [2.05, 4.69) is 34.8 Å².